The number of hydrogen-bond donors (Lipinski definition) is 2. The van der Waals surface area contributed by atoms with Gasteiger partial charge in [-0.05, 0) is 31.0 Å². The summed E-state index contributed by atoms with van der Waals surface area (Å²) in [5, 5.41) is 2.77. The number of nitrogens with one attached hydrogen (secondary N) is 1. The second-order valence-corrected chi connectivity index (χ2v) is 5.11. The minimum Gasteiger partial charge on any atom is -0.339 e. The van der Waals surface area contributed by atoms with Crippen LogP contribution in [0.25, 0.3) is 0 Å². The topological polar surface area (TPSA) is 75.4 Å². The van der Waals surface area contributed by atoms with Gasteiger partial charge in [-0.1, -0.05) is 13.0 Å². The molecule has 1 saturated heterocycles. The molecule has 5 nitrogen and oxygen atoms in total. The number of nitrogens with two attached hydrogens (primary N) is 1. The van der Waals surface area contributed by atoms with Crippen molar-refractivity contribution in [3.05, 3.63) is 29.8 Å². The van der Waals surface area contributed by atoms with E-state index in [1.54, 1.807) is 31.2 Å². The molecule has 0 aromatic heterocycles. The zero-order valence-corrected chi connectivity index (χ0v) is 11.8. The molecule has 1 aliphatic heterocycles. The molecule has 0 saturated carbocycles. The van der Waals surface area contributed by atoms with E-state index < -0.39 is 0 Å². The Hall–Kier alpha value is -1.88. The standard InChI is InChI=1S/C15H21N3O2/c1-2-14(19)17-13-5-3-4-11(10-13)15(20)18-8-6-12(16)7-9-18/h3-5,10,12H,2,6-9,16H2,1H3,(H,17,19). The lowest BCUT2D eigenvalue weighted by Gasteiger charge is -2.30. The minimum absolute atomic E-state index is 0.00416. The maximum atomic E-state index is 12.4. The SMILES string of the molecule is CCC(=O)Nc1cccc(C(=O)N2CCC(N)CC2)c1. The summed E-state index contributed by atoms with van der Waals surface area (Å²) in [7, 11) is 0. The summed E-state index contributed by atoms with van der Waals surface area (Å²) in [5.41, 5.74) is 7.11. The Kier molecular flexibility index (Phi) is 4.74. The quantitative estimate of drug-likeness (QED) is 0.879. The normalized spacial score (nSPS) is 16.0. The number of carbonyl (C=O) groups is 2. The van der Waals surface area contributed by atoms with E-state index in [1.165, 1.54) is 0 Å². The van der Waals surface area contributed by atoms with Gasteiger partial charge < -0.3 is 16.0 Å². The van der Waals surface area contributed by atoms with Crippen LogP contribution in [0.3, 0.4) is 0 Å². The zero-order valence-electron chi connectivity index (χ0n) is 11.8. The number of hydrogen-bond acceptors (Lipinski definition) is 3. The van der Waals surface area contributed by atoms with Gasteiger partial charge in [-0.15, -0.1) is 0 Å². The summed E-state index contributed by atoms with van der Waals surface area (Å²) >= 11 is 0. The molecule has 1 aromatic carbocycles. The lowest BCUT2D eigenvalue weighted by molar-refractivity contribution is -0.115. The van der Waals surface area contributed by atoms with Crippen LogP contribution in [-0.2, 0) is 4.79 Å². The fraction of sp³-hybridized carbons (Fsp3) is 0.467. The first-order chi connectivity index (χ1) is 9.60. The average Bonchev–Trinajstić information content (AvgIpc) is 2.47. The van der Waals surface area contributed by atoms with E-state index in [9.17, 15) is 9.59 Å². The number of amides is 2. The Morgan fingerprint density at radius 1 is 1.35 bits per heavy atom. The highest BCUT2D eigenvalue weighted by atomic mass is 16.2. The van der Waals surface area contributed by atoms with Crippen LogP contribution in [-0.4, -0.2) is 35.8 Å². The highest BCUT2D eigenvalue weighted by Gasteiger charge is 2.21. The fourth-order valence-electron chi connectivity index (χ4n) is 2.26. The van der Waals surface area contributed by atoms with Gasteiger partial charge in [0.25, 0.3) is 5.91 Å². The molecule has 2 rings (SSSR count). The molecular formula is C15H21N3O2. The van der Waals surface area contributed by atoms with Crippen molar-refractivity contribution in [3.63, 3.8) is 0 Å². The molecule has 20 heavy (non-hydrogen) atoms. The minimum atomic E-state index is -0.0569. The lowest BCUT2D eigenvalue weighted by atomic mass is 10.0. The predicted molar refractivity (Wildman–Crippen MR) is 78.5 cm³/mol. The molecule has 3 N–H and O–H groups in total. The van der Waals surface area contributed by atoms with Crippen LogP contribution in [0, 0.1) is 0 Å². The first-order valence-electron chi connectivity index (χ1n) is 7.05. The van der Waals surface area contributed by atoms with Crippen molar-refractivity contribution in [2.24, 2.45) is 5.73 Å². The molecule has 0 radical (unpaired) electrons. The van der Waals surface area contributed by atoms with E-state index in [0.717, 1.165) is 12.8 Å². The van der Waals surface area contributed by atoms with E-state index in [4.69, 9.17) is 5.73 Å². The van der Waals surface area contributed by atoms with Crippen LogP contribution in [0.2, 0.25) is 0 Å². The molecule has 0 bridgehead atoms. The average molecular weight is 275 g/mol. The van der Waals surface area contributed by atoms with E-state index >= 15 is 0 Å². The molecule has 0 aliphatic carbocycles. The molecule has 108 valence electrons. The third kappa shape index (κ3) is 3.57. The van der Waals surface area contributed by atoms with Crippen LogP contribution in [0.4, 0.5) is 5.69 Å². The number of likely N-dealkylation sites (tertiary alicyclic amines) is 1. The third-order valence-corrected chi connectivity index (χ3v) is 3.54. The van der Waals surface area contributed by atoms with Crippen LogP contribution < -0.4 is 11.1 Å². The first kappa shape index (κ1) is 14.5. The highest BCUT2D eigenvalue weighted by molar-refractivity contribution is 5.97. The number of nitrogens with zero attached hydrogens (tertiary/aromatic N) is 1. The van der Waals surface area contributed by atoms with E-state index in [-0.39, 0.29) is 17.9 Å². The number of rotatable bonds is 3. The first-order valence-corrected chi connectivity index (χ1v) is 7.05. The molecule has 1 heterocycles. The summed E-state index contributed by atoms with van der Waals surface area (Å²) in [6.45, 7) is 3.19. The summed E-state index contributed by atoms with van der Waals surface area (Å²) in [4.78, 5) is 25.6. The molecular weight excluding hydrogens is 254 g/mol. The predicted octanol–water partition coefficient (Wildman–Crippen LogP) is 1.60. The molecule has 0 spiro atoms. The molecule has 1 aliphatic rings. The second kappa shape index (κ2) is 6.52. The maximum absolute atomic E-state index is 12.4. The molecule has 0 unspecified atom stereocenters. The van der Waals surface area contributed by atoms with Gasteiger partial charge in [0, 0.05) is 36.8 Å². The smallest absolute Gasteiger partial charge is 0.253 e. The molecule has 0 atom stereocenters. The summed E-state index contributed by atoms with van der Waals surface area (Å²) in [6, 6.07) is 7.28. The van der Waals surface area contributed by atoms with Gasteiger partial charge in [0.05, 0.1) is 0 Å². The summed E-state index contributed by atoms with van der Waals surface area (Å²) in [6.07, 6.45) is 2.11. The number of anilines is 1. The van der Waals surface area contributed by atoms with Crippen molar-refractivity contribution in [2.45, 2.75) is 32.2 Å². The lowest BCUT2D eigenvalue weighted by Crippen LogP contribution is -2.42. The van der Waals surface area contributed by atoms with Crippen molar-refractivity contribution in [2.75, 3.05) is 18.4 Å². The van der Waals surface area contributed by atoms with Gasteiger partial charge in [-0.25, -0.2) is 0 Å². The molecule has 2 amide bonds. The van der Waals surface area contributed by atoms with E-state index in [1.807, 2.05) is 4.90 Å². The van der Waals surface area contributed by atoms with Gasteiger partial charge in [0.1, 0.15) is 0 Å². The van der Waals surface area contributed by atoms with Crippen LogP contribution in [0.15, 0.2) is 24.3 Å². The second-order valence-electron chi connectivity index (χ2n) is 5.11. The van der Waals surface area contributed by atoms with E-state index in [2.05, 4.69) is 5.32 Å². The Morgan fingerprint density at radius 2 is 2.05 bits per heavy atom. The largest absolute Gasteiger partial charge is 0.339 e. The Balaban J connectivity index is 2.06. The number of piperidine rings is 1. The van der Waals surface area contributed by atoms with Crippen molar-refractivity contribution in [3.8, 4) is 0 Å². The monoisotopic (exact) mass is 275 g/mol. The van der Waals surface area contributed by atoms with Crippen molar-refractivity contribution in [1.29, 1.82) is 0 Å². The van der Waals surface area contributed by atoms with Crippen molar-refractivity contribution < 1.29 is 9.59 Å². The Morgan fingerprint density at radius 3 is 2.70 bits per heavy atom. The summed E-state index contributed by atoms with van der Waals surface area (Å²) < 4.78 is 0. The molecule has 1 fully saturated rings. The highest BCUT2D eigenvalue weighted by Crippen LogP contribution is 2.16. The van der Waals surface area contributed by atoms with Crippen LogP contribution in [0.5, 0.6) is 0 Å². The summed E-state index contributed by atoms with van der Waals surface area (Å²) in [5.74, 6) is -0.0527. The van der Waals surface area contributed by atoms with Gasteiger partial charge >= 0.3 is 0 Å². The van der Waals surface area contributed by atoms with E-state index in [0.29, 0.717) is 30.8 Å². The maximum Gasteiger partial charge on any atom is 0.253 e. The van der Waals surface area contributed by atoms with Gasteiger partial charge in [0.2, 0.25) is 5.91 Å². The fourth-order valence-corrected chi connectivity index (χ4v) is 2.26. The van der Waals surface area contributed by atoms with Gasteiger partial charge in [-0.2, -0.15) is 0 Å². The number of benzene rings is 1. The van der Waals surface area contributed by atoms with Gasteiger partial charge in [0.15, 0.2) is 0 Å². The van der Waals surface area contributed by atoms with Gasteiger partial charge in [-0.3, -0.25) is 9.59 Å². The van der Waals surface area contributed by atoms with Crippen LogP contribution in [0.1, 0.15) is 36.5 Å². The zero-order chi connectivity index (χ0) is 14.5. The van der Waals surface area contributed by atoms with Crippen molar-refractivity contribution in [1.82, 2.24) is 4.90 Å². The Bertz CT molecular complexity index is 494. The number of carbonyl (C=O) groups excluding carboxylic acids is 2. The van der Waals surface area contributed by atoms with Crippen LogP contribution >= 0.6 is 0 Å². The van der Waals surface area contributed by atoms with Crippen molar-refractivity contribution >= 4 is 17.5 Å². The third-order valence-electron chi connectivity index (χ3n) is 3.54. The molecule has 1 aromatic rings. The Labute approximate surface area is 119 Å². The molecule has 5 heteroatoms.